The first-order valence-corrected chi connectivity index (χ1v) is 9.68. The molecule has 3 rings (SSSR count). The highest BCUT2D eigenvalue weighted by Gasteiger charge is 2.11. The molecule has 0 atom stereocenters. The summed E-state index contributed by atoms with van der Waals surface area (Å²) in [6, 6.07) is 19.0. The Morgan fingerprint density at radius 3 is 2.40 bits per heavy atom. The number of hydrogen-bond acceptors (Lipinski definition) is 3. The largest absolute Gasteiger partial charge is 0.397 e. The topological polar surface area (TPSA) is 58.4 Å². The van der Waals surface area contributed by atoms with Crippen molar-refractivity contribution < 1.29 is 9.18 Å². The van der Waals surface area contributed by atoms with Gasteiger partial charge < -0.3 is 11.1 Å². The number of para-hydroxylation sites is 2. The summed E-state index contributed by atoms with van der Waals surface area (Å²) >= 11 is 5.87. The molecule has 0 fully saturated rings. The minimum absolute atomic E-state index is 0.0857. The second-order valence-electron chi connectivity index (χ2n) is 6.84. The molecule has 30 heavy (non-hydrogen) atoms. The lowest BCUT2D eigenvalue weighted by molar-refractivity contribution is 0.102. The van der Waals surface area contributed by atoms with Gasteiger partial charge in [0.25, 0.3) is 5.91 Å². The Morgan fingerprint density at radius 2 is 1.73 bits per heavy atom. The van der Waals surface area contributed by atoms with Crippen molar-refractivity contribution >= 4 is 28.9 Å². The van der Waals surface area contributed by atoms with Crippen LogP contribution in [-0.2, 0) is 13.1 Å². The molecule has 3 aromatic carbocycles. The molecule has 3 aromatic rings. The average molecular weight is 422 g/mol. The van der Waals surface area contributed by atoms with Crippen LogP contribution >= 0.6 is 11.6 Å². The first-order chi connectivity index (χ1) is 14.5. The zero-order valence-corrected chi connectivity index (χ0v) is 17.0. The van der Waals surface area contributed by atoms with Crippen LogP contribution in [0.1, 0.15) is 21.5 Å². The van der Waals surface area contributed by atoms with E-state index in [9.17, 15) is 9.18 Å². The molecule has 0 aromatic heterocycles. The van der Waals surface area contributed by atoms with Gasteiger partial charge in [0.15, 0.2) is 0 Å². The molecule has 6 heteroatoms. The summed E-state index contributed by atoms with van der Waals surface area (Å²) in [4.78, 5) is 14.5. The number of amides is 1. The van der Waals surface area contributed by atoms with Gasteiger partial charge in [-0.15, -0.1) is 6.42 Å². The van der Waals surface area contributed by atoms with Crippen LogP contribution in [0.3, 0.4) is 0 Å². The molecular weight excluding hydrogens is 401 g/mol. The fourth-order valence-corrected chi connectivity index (χ4v) is 3.22. The van der Waals surface area contributed by atoms with Crippen molar-refractivity contribution in [1.29, 1.82) is 0 Å². The number of terminal acetylenes is 1. The lowest BCUT2D eigenvalue weighted by Crippen LogP contribution is -2.23. The van der Waals surface area contributed by atoms with Crippen LogP contribution in [0.25, 0.3) is 0 Å². The number of nitrogens with one attached hydrogen (secondary N) is 1. The van der Waals surface area contributed by atoms with E-state index in [1.54, 1.807) is 36.4 Å². The van der Waals surface area contributed by atoms with E-state index in [1.807, 2.05) is 29.2 Å². The van der Waals surface area contributed by atoms with E-state index in [2.05, 4.69) is 11.2 Å². The molecule has 152 valence electrons. The van der Waals surface area contributed by atoms with Gasteiger partial charge in [0.05, 0.1) is 22.9 Å². The Labute approximate surface area is 180 Å². The monoisotopic (exact) mass is 421 g/mol. The highest BCUT2D eigenvalue weighted by Crippen LogP contribution is 2.20. The normalized spacial score (nSPS) is 10.6. The van der Waals surface area contributed by atoms with Gasteiger partial charge >= 0.3 is 0 Å². The van der Waals surface area contributed by atoms with Crippen LogP contribution in [0.4, 0.5) is 15.8 Å². The van der Waals surface area contributed by atoms with Crippen LogP contribution in [0.2, 0.25) is 5.02 Å². The number of carbonyl (C=O) groups excluding carboxylic acids is 1. The minimum atomic E-state index is -0.449. The third-order valence-electron chi connectivity index (χ3n) is 4.54. The van der Waals surface area contributed by atoms with Crippen molar-refractivity contribution in [2.75, 3.05) is 17.6 Å². The molecule has 4 nitrogen and oxygen atoms in total. The Kier molecular flexibility index (Phi) is 7.08. The first-order valence-electron chi connectivity index (χ1n) is 9.31. The van der Waals surface area contributed by atoms with Crippen molar-refractivity contribution in [3.63, 3.8) is 0 Å². The van der Waals surface area contributed by atoms with Gasteiger partial charge in [-0.1, -0.05) is 47.9 Å². The lowest BCUT2D eigenvalue weighted by atomic mass is 10.1. The summed E-state index contributed by atoms with van der Waals surface area (Å²) in [5.74, 6) is 1.96. The molecule has 0 heterocycles. The molecular formula is C24H21ClFN3O. The number of nitrogens with two attached hydrogens (primary N) is 1. The van der Waals surface area contributed by atoms with Gasteiger partial charge in [0, 0.05) is 18.7 Å². The minimum Gasteiger partial charge on any atom is -0.397 e. The van der Waals surface area contributed by atoms with E-state index in [1.165, 1.54) is 6.07 Å². The van der Waals surface area contributed by atoms with E-state index in [0.29, 0.717) is 36.6 Å². The summed E-state index contributed by atoms with van der Waals surface area (Å²) < 4.78 is 13.4. The number of nitrogens with zero attached hydrogens (tertiary/aromatic N) is 1. The molecule has 0 radical (unpaired) electrons. The highest BCUT2D eigenvalue weighted by atomic mass is 35.5. The van der Waals surface area contributed by atoms with Crippen molar-refractivity contribution in [2.24, 2.45) is 0 Å². The number of hydrogen-bond donors (Lipinski definition) is 2. The second kappa shape index (κ2) is 9.93. The highest BCUT2D eigenvalue weighted by molar-refractivity contribution is 6.30. The van der Waals surface area contributed by atoms with Crippen LogP contribution in [0.15, 0.2) is 66.7 Å². The SMILES string of the molecule is C#CCN(Cc1ccc(C(=O)Nc2ccccc2N)cc1)Cc1ccc(F)c(Cl)c1. The molecule has 0 saturated carbocycles. The van der Waals surface area contributed by atoms with Crippen LogP contribution in [-0.4, -0.2) is 17.4 Å². The predicted octanol–water partition coefficient (Wildman–Crippen LogP) is 4.95. The van der Waals surface area contributed by atoms with Gasteiger partial charge in [-0.2, -0.15) is 0 Å². The van der Waals surface area contributed by atoms with Gasteiger partial charge in [-0.3, -0.25) is 9.69 Å². The number of carbonyl (C=O) groups is 1. The smallest absolute Gasteiger partial charge is 0.255 e. The third kappa shape index (κ3) is 5.60. The first kappa shape index (κ1) is 21.4. The van der Waals surface area contributed by atoms with Crippen molar-refractivity contribution in [3.05, 3.63) is 94.3 Å². The van der Waals surface area contributed by atoms with Crippen LogP contribution < -0.4 is 11.1 Å². The zero-order valence-electron chi connectivity index (χ0n) is 16.2. The van der Waals surface area contributed by atoms with E-state index >= 15 is 0 Å². The number of nitrogen functional groups attached to an aromatic ring is 1. The summed E-state index contributed by atoms with van der Waals surface area (Å²) in [7, 11) is 0. The average Bonchev–Trinajstić information content (AvgIpc) is 2.73. The standard InChI is InChI=1S/C24H21ClFN3O/c1-2-13-29(16-18-9-12-21(26)20(25)14-18)15-17-7-10-19(11-8-17)24(30)28-23-6-4-3-5-22(23)27/h1,3-12,14H,13,15-16,27H2,(H,28,30). The molecule has 0 aliphatic rings. The molecule has 0 unspecified atom stereocenters. The predicted molar refractivity (Wildman–Crippen MR) is 120 cm³/mol. The second-order valence-corrected chi connectivity index (χ2v) is 7.24. The lowest BCUT2D eigenvalue weighted by Gasteiger charge is -2.20. The quantitative estimate of drug-likeness (QED) is 0.419. The Morgan fingerprint density at radius 1 is 1.07 bits per heavy atom. The van der Waals surface area contributed by atoms with Crippen LogP contribution in [0, 0.1) is 18.2 Å². The van der Waals surface area contributed by atoms with E-state index in [0.717, 1.165) is 11.1 Å². The fourth-order valence-electron chi connectivity index (χ4n) is 3.02. The molecule has 0 aliphatic carbocycles. The fraction of sp³-hybridized carbons (Fsp3) is 0.125. The maximum Gasteiger partial charge on any atom is 0.255 e. The number of anilines is 2. The summed E-state index contributed by atoms with van der Waals surface area (Å²) in [6.45, 7) is 1.52. The summed E-state index contributed by atoms with van der Waals surface area (Å²) in [5.41, 5.74) is 9.34. The maximum atomic E-state index is 13.4. The summed E-state index contributed by atoms with van der Waals surface area (Å²) in [5, 5.41) is 2.89. The number of halogens is 2. The van der Waals surface area contributed by atoms with Crippen molar-refractivity contribution in [2.45, 2.75) is 13.1 Å². The zero-order chi connectivity index (χ0) is 21.5. The van der Waals surface area contributed by atoms with Gasteiger partial charge in [0.1, 0.15) is 5.82 Å². The van der Waals surface area contributed by atoms with Crippen molar-refractivity contribution in [3.8, 4) is 12.3 Å². The van der Waals surface area contributed by atoms with Crippen LogP contribution in [0.5, 0.6) is 0 Å². The van der Waals surface area contributed by atoms with Gasteiger partial charge in [-0.05, 0) is 47.5 Å². The molecule has 1 amide bonds. The number of benzene rings is 3. The maximum absolute atomic E-state index is 13.4. The molecule has 0 bridgehead atoms. The van der Waals surface area contributed by atoms with E-state index in [4.69, 9.17) is 23.8 Å². The van der Waals surface area contributed by atoms with Gasteiger partial charge in [-0.25, -0.2) is 4.39 Å². The third-order valence-corrected chi connectivity index (χ3v) is 4.83. The Balaban J connectivity index is 1.66. The van der Waals surface area contributed by atoms with Crippen molar-refractivity contribution in [1.82, 2.24) is 4.90 Å². The van der Waals surface area contributed by atoms with E-state index < -0.39 is 5.82 Å². The number of rotatable bonds is 7. The molecule has 3 N–H and O–H groups in total. The van der Waals surface area contributed by atoms with E-state index in [-0.39, 0.29) is 10.9 Å². The molecule has 0 aliphatic heterocycles. The molecule has 0 saturated heterocycles. The molecule has 0 spiro atoms. The Hall–Kier alpha value is -3.33. The Bertz CT molecular complexity index is 1080. The summed E-state index contributed by atoms with van der Waals surface area (Å²) in [6.07, 6.45) is 5.50. The van der Waals surface area contributed by atoms with Gasteiger partial charge in [0.2, 0.25) is 0 Å².